The van der Waals surface area contributed by atoms with Crippen LogP contribution >= 0.6 is 0 Å². The highest BCUT2D eigenvalue weighted by Gasteiger charge is 2.11. The molecule has 6 heteroatoms. The molecule has 27 heavy (non-hydrogen) atoms. The van der Waals surface area contributed by atoms with Crippen molar-refractivity contribution in [2.45, 2.75) is 20.8 Å². The molecule has 3 rings (SSSR count). The standard InChI is InChI=1S/C21H21N3O3/c1-14-12-15(2)24(23-14)20-7-5-4-6-19(20)22-21(26)13-27-18-10-8-17(9-11-18)16(3)25/h4-12H,13H2,1-3H3,(H,22,26). The third-order valence-electron chi connectivity index (χ3n) is 4.05. The number of nitrogens with one attached hydrogen (secondary N) is 1. The molecule has 0 saturated carbocycles. The summed E-state index contributed by atoms with van der Waals surface area (Å²) >= 11 is 0. The molecule has 0 spiro atoms. The van der Waals surface area contributed by atoms with E-state index in [0.717, 1.165) is 17.1 Å². The number of aryl methyl sites for hydroxylation is 2. The number of Topliss-reactive ketones (excluding diaryl/α,β-unsaturated/α-hetero) is 1. The molecule has 1 amide bonds. The molecule has 0 fully saturated rings. The van der Waals surface area contributed by atoms with E-state index in [1.807, 2.05) is 44.2 Å². The van der Waals surface area contributed by atoms with E-state index in [1.165, 1.54) is 6.92 Å². The number of carbonyl (C=O) groups is 2. The van der Waals surface area contributed by atoms with Crippen LogP contribution in [-0.4, -0.2) is 28.1 Å². The largest absolute Gasteiger partial charge is 0.484 e. The van der Waals surface area contributed by atoms with Gasteiger partial charge in [0.25, 0.3) is 5.91 Å². The van der Waals surface area contributed by atoms with Crippen molar-refractivity contribution in [2.75, 3.05) is 11.9 Å². The number of amides is 1. The number of ether oxygens (including phenoxy) is 1. The number of rotatable bonds is 6. The molecule has 3 aromatic rings. The van der Waals surface area contributed by atoms with Crippen molar-refractivity contribution in [3.8, 4) is 11.4 Å². The molecule has 1 aromatic heterocycles. The van der Waals surface area contributed by atoms with Crippen LogP contribution in [0.4, 0.5) is 5.69 Å². The number of para-hydroxylation sites is 2. The normalized spacial score (nSPS) is 10.5. The average Bonchev–Trinajstić information content (AvgIpc) is 2.99. The topological polar surface area (TPSA) is 73.2 Å². The third kappa shape index (κ3) is 4.41. The van der Waals surface area contributed by atoms with E-state index in [-0.39, 0.29) is 18.3 Å². The summed E-state index contributed by atoms with van der Waals surface area (Å²) in [5.41, 5.74) is 3.94. The van der Waals surface area contributed by atoms with Crippen molar-refractivity contribution in [2.24, 2.45) is 0 Å². The van der Waals surface area contributed by atoms with Crippen LogP contribution in [0.25, 0.3) is 5.69 Å². The summed E-state index contributed by atoms with van der Waals surface area (Å²) in [6.07, 6.45) is 0. The zero-order valence-corrected chi connectivity index (χ0v) is 15.5. The van der Waals surface area contributed by atoms with Crippen LogP contribution in [-0.2, 0) is 4.79 Å². The van der Waals surface area contributed by atoms with Gasteiger partial charge < -0.3 is 10.1 Å². The highest BCUT2D eigenvalue weighted by atomic mass is 16.5. The predicted molar refractivity (Wildman–Crippen MR) is 104 cm³/mol. The van der Waals surface area contributed by atoms with Gasteiger partial charge in [0, 0.05) is 11.3 Å². The molecule has 0 atom stereocenters. The van der Waals surface area contributed by atoms with E-state index in [2.05, 4.69) is 10.4 Å². The number of ketones is 1. The molecular formula is C21H21N3O3. The van der Waals surface area contributed by atoms with Gasteiger partial charge in [-0.25, -0.2) is 4.68 Å². The molecule has 0 unspecified atom stereocenters. The summed E-state index contributed by atoms with van der Waals surface area (Å²) in [5.74, 6) is 0.238. The Morgan fingerprint density at radius 3 is 2.41 bits per heavy atom. The van der Waals surface area contributed by atoms with Crippen LogP contribution in [0.15, 0.2) is 54.6 Å². The Morgan fingerprint density at radius 1 is 1.07 bits per heavy atom. The molecule has 0 aliphatic rings. The predicted octanol–water partition coefficient (Wildman–Crippen LogP) is 3.71. The molecule has 0 bridgehead atoms. The number of nitrogens with zero attached hydrogens (tertiary/aromatic N) is 2. The highest BCUT2D eigenvalue weighted by Crippen LogP contribution is 2.21. The Hall–Kier alpha value is -3.41. The minimum absolute atomic E-state index is 0.0138. The number of aromatic nitrogens is 2. The third-order valence-corrected chi connectivity index (χ3v) is 4.05. The quantitative estimate of drug-likeness (QED) is 0.678. The summed E-state index contributed by atoms with van der Waals surface area (Å²) in [6.45, 7) is 5.26. The smallest absolute Gasteiger partial charge is 0.262 e. The fraction of sp³-hybridized carbons (Fsp3) is 0.190. The van der Waals surface area contributed by atoms with Gasteiger partial charge in [-0.15, -0.1) is 0 Å². The van der Waals surface area contributed by atoms with Gasteiger partial charge >= 0.3 is 0 Å². The Kier molecular flexibility index (Phi) is 5.35. The fourth-order valence-corrected chi connectivity index (χ4v) is 2.76. The van der Waals surface area contributed by atoms with E-state index in [4.69, 9.17) is 4.74 Å². The zero-order valence-electron chi connectivity index (χ0n) is 15.5. The lowest BCUT2D eigenvalue weighted by molar-refractivity contribution is -0.118. The van der Waals surface area contributed by atoms with Crippen molar-refractivity contribution in [3.05, 3.63) is 71.5 Å². The first-order valence-electron chi connectivity index (χ1n) is 8.60. The van der Waals surface area contributed by atoms with Crippen molar-refractivity contribution in [3.63, 3.8) is 0 Å². The SMILES string of the molecule is CC(=O)c1ccc(OCC(=O)Nc2ccccc2-n2nc(C)cc2C)cc1. The van der Waals surface area contributed by atoms with E-state index in [9.17, 15) is 9.59 Å². The van der Waals surface area contributed by atoms with Crippen molar-refractivity contribution < 1.29 is 14.3 Å². The summed E-state index contributed by atoms with van der Waals surface area (Å²) in [7, 11) is 0. The van der Waals surface area contributed by atoms with Gasteiger partial charge in [0.05, 0.1) is 17.1 Å². The van der Waals surface area contributed by atoms with Gasteiger partial charge in [-0.2, -0.15) is 5.10 Å². The summed E-state index contributed by atoms with van der Waals surface area (Å²) < 4.78 is 7.30. The Labute approximate surface area is 157 Å². The van der Waals surface area contributed by atoms with Gasteiger partial charge in [-0.1, -0.05) is 12.1 Å². The molecule has 0 aliphatic heterocycles. The number of hydrogen-bond acceptors (Lipinski definition) is 4. The van der Waals surface area contributed by atoms with Gasteiger partial charge in [0.15, 0.2) is 12.4 Å². The number of benzene rings is 2. The summed E-state index contributed by atoms with van der Waals surface area (Å²) in [4.78, 5) is 23.6. The van der Waals surface area contributed by atoms with Gasteiger partial charge in [0.2, 0.25) is 0 Å². The van der Waals surface area contributed by atoms with E-state index < -0.39 is 0 Å². The monoisotopic (exact) mass is 363 g/mol. The first-order valence-corrected chi connectivity index (χ1v) is 8.60. The highest BCUT2D eigenvalue weighted by molar-refractivity contribution is 5.94. The Morgan fingerprint density at radius 2 is 1.78 bits per heavy atom. The van der Waals surface area contributed by atoms with Crippen LogP contribution in [0.3, 0.4) is 0 Å². The lowest BCUT2D eigenvalue weighted by Crippen LogP contribution is -2.21. The first kappa shape index (κ1) is 18.4. The second kappa shape index (κ2) is 7.86. The van der Waals surface area contributed by atoms with Gasteiger partial charge in [-0.05, 0) is 63.2 Å². The number of anilines is 1. The lowest BCUT2D eigenvalue weighted by Gasteiger charge is -2.13. The van der Waals surface area contributed by atoms with Crippen molar-refractivity contribution >= 4 is 17.4 Å². The Bertz CT molecular complexity index is 975. The first-order chi connectivity index (χ1) is 12.9. The summed E-state index contributed by atoms with van der Waals surface area (Å²) in [6, 6.07) is 16.2. The molecule has 1 N–H and O–H groups in total. The molecule has 0 aliphatic carbocycles. The average molecular weight is 363 g/mol. The molecule has 6 nitrogen and oxygen atoms in total. The molecule has 0 radical (unpaired) electrons. The van der Waals surface area contributed by atoms with Crippen LogP contribution < -0.4 is 10.1 Å². The maximum atomic E-state index is 12.3. The lowest BCUT2D eigenvalue weighted by atomic mass is 10.1. The second-order valence-corrected chi connectivity index (χ2v) is 6.27. The number of carbonyl (C=O) groups excluding carboxylic acids is 2. The molecule has 2 aromatic carbocycles. The zero-order chi connectivity index (χ0) is 19.4. The van der Waals surface area contributed by atoms with Crippen molar-refractivity contribution in [1.29, 1.82) is 0 Å². The minimum atomic E-state index is -0.278. The van der Waals surface area contributed by atoms with Crippen LogP contribution in [0, 0.1) is 13.8 Å². The van der Waals surface area contributed by atoms with E-state index in [1.54, 1.807) is 28.9 Å². The van der Waals surface area contributed by atoms with Gasteiger partial charge in [0.1, 0.15) is 5.75 Å². The minimum Gasteiger partial charge on any atom is -0.484 e. The van der Waals surface area contributed by atoms with Gasteiger partial charge in [-0.3, -0.25) is 9.59 Å². The second-order valence-electron chi connectivity index (χ2n) is 6.27. The summed E-state index contributed by atoms with van der Waals surface area (Å²) in [5, 5.41) is 7.34. The molecular weight excluding hydrogens is 342 g/mol. The van der Waals surface area contributed by atoms with E-state index in [0.29, 0.717) is 17.0 Å². The Balaban J connectivity index is 1.68. The number of hydrogen-bond donors (Lipinski definition) is 1. The van der Waals surface area contributed by atoms with Crippen LogP contribution in [0.2, 0.25) is 0 Å². The maximum Gasteiger partial charge on any atom is 0.262 e. The molecule has 1 heterocycles. The van der Waals surface area contributed by atoms with Crippen LogP contribution in [0.5, 0.6) is 5.75 Å². The van der Waals surface area contributed by atoms with Crippen molar-refractivity contribution in [1.82, 2.24) is 9.78 Å². The fourth-order valence-electron chi connectivity index (χ4n) is 2.76. The van der Waals surface area contributed by atoms with E-state index >= 15 is 0 Å². The maximum absolute atomic E-state index is 12.3. The molecule has 138 valence electrons. The van der Waals surface area contributed by atoms with Crippen LogP contribution in [0.1, 0.15) is 28.7 Å². The molecule has 0 saturated heterocycles.